The lowest BCUT2D eigenvalue weighted by atomic mass is 10.2. The Hall–Kier alpha value is -2.77. The number of nitrogens with one attached hydrogen (secondary N) is 1. The van der Waals surface area contributed by atoms with E-state index < -0.39 is 4.92 Å². The molecule has 0 saturated heterocycles. The van der Waals surface area contributed by atoms with E-state index in [-0.39, 0.29) is 11.3 Å². The number of carbonyl (C=O) groups is 1. The predicted molar refractivity (Wildman–Crippen MR) is 65.0 cm³/mol. The normalized spacial score (nSPS) is 10.1. The zero-order valence-electron chi connectivity index (χ0n) is 9.78. The fourth-order valence-corrected chi connectivity index (χ4v) is 1.53. The summed E-state index contributed by atoms with van der Waals surface area (Å²) in [7, 11) is 0. The summed E-state index contributed by atoms with van der Waals surface area (Å²) < 4.78 is 4.57. The van der Waals surface area contributed by atoms with Crippen molar-refractivity contribution in [3.63, 3.8) is 0 Å². The number of aromatic nitrogens is 2. The van der Waals surface area contributed by atoms with Crippen molar-refractivity contribution >= 4 is 17.7 Å². The van der Waals surface area contributed by atoms with E-state index in [2.05, 4.69) is 20.0 Å². The van der Waals surface area contributed by atoms with E-state index >= 15 is 0 Å². The van der Waals surface area contributed by atoms with Gasteiger partial charge >= 0.3 is 0 Å². The Morgan fingerprint density at radius 2 is 2.32 bits per heavy atom. The van der Waals surface area contributed by atoms with Crippen LogP contribution in [0.5, 0.6) is 0 Å². The van der Waals surface area contributed by atoms with Crippen LogP contribution in [0.1, 0.15) is 16.2 Å². The van der Waals surface area contributed by atoms with Gasteiger partial charge in [-0.25, -0.2) is 0 Å². The standard InChI is InChI=1S/C11H10N4O4/c16-6-8-1-2-9(10(5-8)15(17)18)12-4-3-11-13-7-19-14-11/h1-2,5-7,12H,3-4H2. The third kappa shape index (κ3) is 3.12. The van der Waals surface area contributed by atoms with Gasteiger partial charge in [0.1, 0.15) is 12.0 Å². The molecule has 0 aliphatic carbocycles. The maximum atomic E-state index is 10.9. The Labute approximate surface area is 107 Å². The van der Waals surface area contributed by atoms with Crippen LogP contribution in [0.2, 0.25) is 0 Å². The minimum absolute atomic E-state index is 0.141. The van der Waals surface area contributed by atoms with Gasteiger partial charge in [0.05, 0.1) is 4.92 Å². The zero-order valence-corrected chi connectivity index (χ0v) is 9.78. The lowest BCUT2D eigenvalue weighted by Gasteiger charge is -2.05. The van der Waals surface area contributed by atoms with E-state index in [1.165, 1.54) is 24.6 Å². The number of anilines is 1. The van der Waals surface area contributed by atoms with Crippen LogP contribution in [0.3, 0.4) is 0 Å². The largest absolute Gasteiger partial charge is 0.379 e. The fourth-order valence-electron chi connectivity index (χ4n) is 1.53. The maximum absolute atomic E-state index is 10.9. The van der Waals surface area contributed by atoms with E-state index in [0.717, 1.165) is 0 Å². The quantitative estimate of drug-likeness (QED) is 0.476. The summed E-state index contributed by atoms with van der Waals surface area (Å²) in [6.07, 6.45) is 2.26. The van der Waals surface area contributed by atoms with Crippen molar-refractivity contribution < 1.29 is 14.2 Å². The number of benzene rings is 1. The summed E-state index contributed by atoms with van der Waals surface area (Å²) in [6, 6.07) is 4.23. The van der Waals surface area contributed by atoms with Gasteiger partial charge in [-0.3, -0.25) is 14.9 Å². The smallest absolute Gasteiger partial charge is 0.293 e. The molecule has 8 heteroatoms. The summed E-state index contributed by atoms with van der Waals surface area (Å²) in [4.78, 5) is 24.8. The Bertz CT molecular complexity index is 582. The van der Waals surface area contributed by atoms with Gasteiger partial charge in [0, 0.05) is 24.6 Å². The van der Waals surface area contributed by atoms with E-state index in [0.29, 0.717) is 30.8 Å². The van der Waals surface area contributed by atoms with Crippen LogP contribution in [0, 0.1) is 10.1 Å². The number of nitrogens with zero attached hydrogens (tertiary/aromatic N) is 3. The third-order valence-electron chi connectivity index (χ3n) is 2.43. The molecular weight excluding hydrogens is 252 g/mol. The molecule has 0 radical (unpaired) electrons. The number of hydrogen-bond acceptors (Lipinski definition) is 7. The van der Waals surface area contributed by atoms with Crippen molar-refractivity contribution in [3.8, 4) is 0 Å². The van der Waals surface area contributed by atoms with Crippen LogP contribution >= 0.6 is 0 Å². The molecule has 0 amide bonds. The molecule has 8 nitrogen and oxygen atoms in total. The molecule has 98 valence electrons. The van der Waals surface area contributed by atoms with Crippen molar-refractivity contribution in [1.29, 1.82) is 0 Å². The Morgan fingerprint density at radius 3 is 2.95 bits per heavy atom. The predicted octanol–water partition coefficient (Wildman–Crippen LogP) is 1.44. The summed E-state index contributed by atoms with van der Waals surface area (Å²) >= 11 is 0. The van der Waals surface area contributed by atoms with Crippen LogP contribution in [0.25, 0.3) is 0 Å². The molecule has 1 aromatic carbocycles. The van der Waals surface area contributed by atoms with Crippen molar-refractivity contribution in [2.75, 3.05) is 11.9 Å². The highest BCUT2D eigenvalue weighted by Gasteiger charge is 2.14. The van der Waals surface area contributed by atoms with Crippen LogP contribution in [0.15, 0.2) is 29.1 Å². The van der Waals surface area contributed by atoms with Gasteiger partial charge in [-0.1, -0.05) is 5.16 Å². The summed E-state index contributed by atoms with van der Waals surface area (Å²) in [5, 5.41) is 17.4. The number of rotatable bonds is 6. The number of carbonyl (C=O) groups excluding carboxylic acids is 1. The molecule has 2 aromatic rings. The summed E-state index contributed by atoms with van der Waals surface area (Å²) in [6.45, 7) is 0.417. The first kappa shape index (κ1) is 12.7. The second kappa shape index (κ2) is 5.71. The van der Waals surface area contributed by atoms with Crippen molar-refractivity contribution in [3.05, 3.63) is 46.1 Å². The van der Waals surface area contributed by atoms with Crippen molar-refractivity contribution in [1.82, 2.24) is 10.1 Å². The summed E-state index contributed by atoms with van der Waals surface area (Å²) in [5.74, 6) is 0.514. The first-order valence-electron chi connectivity index (χ1n) is 5.43. The molecule has 0 saturated carbocycles. The number of aldehydes is 1. The molecule has 1 N–H and O–H groups in total. The Kier molecular flexibility index (Phi) is 3.81. The first-order chi connectivity index (χ1) is 9.20. The molecule has 1 heterocycles. The Balaban J connectivity index is 2.06. The average molecular weight is 262 g/mol. The second-order valence-electron chi connectivity index (χ2n) is 3.68. The van der Waals surface area contributed by atoms with Gasteiger partial charge in [-0.2, -0.15) is 4.98 Å². The van der Waals surface area contributed by atoms with Crippen LogP contribution < -0.4 is 5.32 Å². The maximum Gasteiger partial charge on any atom is 0.293 e. The molecule has 19 heavy (non-hydrogen) atoms. The lowest BCUT2D eigenvalue weighted by Crippen LogP contribution is -2.08. The highest BCUT2D eigenvalue weighted by Crippen LogP contribution is 2.24. The Morgan fingerprint density at radius 1 is 1.47 bits per heavy atom. The molecule has 0 fully saturated rings. The molecule has 0 atom stereocenters. The van der Waals surface area contributed by atoms with Gasteiger partial charge in [0.25, 0.3) is 5.69 Å². The zero-order chi connectivity index (χ0) is 13.7. The van der Waals surface area contributed by atoms with E-state index in [9.17, 15) is 14.9 Å². The molecule has 0 bridgehead atoms. The number of nitro benzene ring substituents is 1. The molecule has 0 unspecified atom stereocenters. The van der Waals surface area contributed by atoms with Crippen LogP contribution in [-0.2, 0) is 6.42 Å². The van der Waals surface area contributed by atoms with Gasteiger partial charge in [0.15, 0.2) is 5.82 Å². The molecular formula is C11H10N4O4. The fraction of sp³-hybridized carbons (Fsp3) is 0.182. The minimum atomic E-state index is -0.538. The van der Waals surface area contributed by atoms with Gasteiger partial charge in [-0.15, -0.1) is 0 Å². The van der Waals surface area contributed by atoms with E-state index in [1.807, 2.05) is 0 Å². The average Bonchev–Trinajstić information content (AvgIpc) is 2.92. The topological polar surface area (TPSA) is 111 Å². The first-order valence-corrected chi connectivity index (χ1v) is 5.43. The number of nitro groups is 1. The molecule has 2 rings (SSSR count). The van der Waals surface area contributed by atoms with Crippen LogP contribution in [-0.4, -0.2) is 27.9 Å². The highest BCUT2D eigenvalue weighted by molar-refractivity contribution is 5.79. The highest BCUT2D eigenvalue weighted by atomic mass is 16.6. The number of hydrogen-bond donors (Lipinski definition) is 1. The third-order valence-corrected chi connectivity index (χ3v) is 2.43. The van der Waals surface area contributed by atoms with E-state index in [4.69, 9.17) is 0 Å². The molecule has 0 aliphatic rings. The monoisotopic (exact) mass is 262 g/mol. The molecule has 0 aliphatic heterocycles. The second-order valence-corrected chi connectivity index (χ2v) is 3.68. The SMILES string of the molecule is O=Cc1ccc(NCCc2ncon2)c([N+](=O)[O-])c1. The van der Waals surface area contributed by atoms with Crippen molar-refractivity contribution in [2.45, 2.75) is 6.42 Å². The molecule has 0 spiro atoms. The van der Waals surface area contributed by atoms with Crippen molar-refractivity contribution in [2.24, 2.45) is 0 Å². The minimum Gasteiger partial charge on any atom is -0.379 e. The van der Waals surface area contributed by atoms with Crippen LogP contribution in [0.4, 0.5) is 11.4 Å². The summed E-state index contributed by atoms with van der Waals surface area (Å²) in [5.41, 5.74) is 0.465. The van der Waals surface area contributed by atoms with E-state index in [1.54, 1.807) is 0 Å². The molecule has 1 aromatic heterocycles. The van der Waals surface area contributed by atoms with Gasteiger partial charge in [0.2, 0.25) is 6.39 Å². The lowest BCUT2D eigenvalue weighted by molar-refractivity contribution is -0.384. The van der Waals surface area contributed by atoms with Gasteiger partial charge < -0.3 is 9.84 Å². The van der Waals surface area contributed by atoms with Gasteiger partial charge in [-0.05, 0) is 12.1 Å².